The molecule has 140 valence electrons. The van der Waals surface area contributed by atoms with Crippen LogP contribution in [-0.2, 0) is 0 Å². The minimum Gasteiger partial charge on any atom is -0.468 e. The van der Waals surface area contributed by atoms with E-state index >= 15 is 0 Å². The second-order valence-corrected chi connectivity index (χ2v) is 6.61. The highest BCUT2D eigenvalue weighted by atomic mass is 19.1. The summed E-state index contributed by atoms with van der Waals surface area (Å²) in [5.41, 5.74) is 0.860. The minimum atomic E-state index is -0.346. The van der Waals surface area contributed by atoms with Gasteiger partial charge in [-0.05, 0) is 62.3 Å². The first kappa shape index (κ1) is 17.5. The van der Waals surface area contributed by atoms with Crippen LogP contribution >= 0.6 is 0 Å². The van der Waals surface area contributed by atoms with Crippen molar-refractivity contribution in [3.05, 3.63) is 72.2 Å². The molecule has 0 radical (unpaired) electrons. The molecule has 3 aromatic rings. The molecule has 2 aromatic heterocycles. The number of amides is 1. The van der Waals surface area contributed by atoms with Gasteiger partial charge in [-0.1, -0.05) is 6.07 Å². The highest BCUT2D eigenvalue weighted by Crippen LogP contribution is 2.25. The Morgan fingerprint density at radius 3 is 2.81 bits per heavy atom. The first-order valence-electron chi connectivity index (χ1n) is 9.08. The highest BCUT2D eigenvalue weighted by Gasteiger charge is 2.26. The fourth-order valence-corrected chi connectivity index (χ4v) is 3.43. The largest absolute Gasteiger partial charge is 0.468 e. The third-order valence-corrected chi connectivity index (χ3v) is 4.80. The van der Waals surface area contributed by atoms with Crippen LogP contribution in [0.4, 0.5) is 4.39 Å². The van der Waals surface area contributed by atoms with E-state index in [0.29, 0.717) is 17.9 Å². The number of likely N-dealkylation sites (tertiary alicyclic amines) is 1. The van der Waals surface area contributed by atoms with Crippen molar-refractivity contribution in [3.8, 4) is 5.69 Å². The molecule has 0 saturated carbocycles. The third-order valence-electron chi connectivity index (χ3n) is 4.80. The monoisotopic (exact) mass is 368 g/mol. The lowest BCUT2D eigenvalue weighted by Crippen LogP contribution is -2.36. The van der Waals surface area contributed by atoms with Gasteiger partial charge in [-0.15, -0.1) is 0 Å². The van der Waals surface area contributed by atoms with Crippen molar-refractivity contribution in [1.82, 2.24) is 20.0 Å². The first-order valence-corrected chi connectivity index (χ1v) is 9.08. The summed E-state index contributed by atoms with van der Waals surface area (Å²) in [6.45, 7) is 2.43. The maximum atomic E-state index is 13.4. The summed E-state index contributed by atoms with van der Waals surface area (Å²) in [5, 5.41) is 7.21. The third kappa shape index (κ3) is 3.93. The molecule has 6 nitrogen and oxygen atoms in total. The molecular weight excluding hydrogens is 347 g/mol. The van der Waals surface area contributed by atoms with Gasteiger partial charge in [0.05, 0.1) is 18.0 Å². The molecule has 1 N–H and O–H groups in total. The average Bonchev–Trinajstić information content (AvgIpc) is 3.43. The van der Waals surface area contributed by atoms with Crippen molar-refractivity contribution >= 4 is 5.91 Å². The Kier molecular flexibility index (Phi) is 5.02. The van der Waals surface area contributed by atoms with Gasteiger partial charge in [0.1, 0.15) is 11.6 Å². The van der Waals surface area contributed by atoms with Gasteiger partial charge in [0.2, 0.25) is 0 Å². The molecule has 27 heavy (non-hydrogen) atoms. The molecule has 1 aliphatic rings. The van der Waals surface area contributed by atoms with Crippen LogP contribution in [0.3, 0.4) is 0 Å². The van der Waals surface area contributed by atoms with Crippen LogP contribution in [0.1, 0.15) is 35.1 Å². The zero-order valence-corrected chi connectivity index (χ0v) is 14.8. The molecule has 1 aliphatic heterocycles. The van der Waals surface area contributed by atoms with Gasteiger partial charge < -0.3 is 9.73 Å². The summed E-state index contributed by atoms with van der Waals surface area (Å²) >= 11 is 0. The van der Waals surface area contributed by atoms with E-state index in [1.54, 1.807) is 30.7 Å². The Morgan fingerprint density at radius 2 is 2.07 bits per heavy atom. The van der Waals surface area contributed by atoms with Crippen molar-refractivity contribution < 1.29 is 13.6 Å². The fourth-order valence-electron chi connectivity index (χ4n) is 3.43. The Morgan fingerprint density at radius 1 is 1.22 bits per heavy atom. The number of halogens is 1. The van der Waals surface area contributed by atoms with E-state index < -0.39 is 0 Å². The molecule has 1 atom stereocenters. The number of hydrogen-bond donors (Lipinski definition) is 1. The summed E-state index contributed by atoms with van der Waals surface area (Å²) in [4.78, 5) is 14.9. The van der Waals surface area contributed by atoms with E-state index in [1.807, 2.05) is 12.1 Å². The van der Waals surface area contributed by atoms with Crippen LogP contribution in [0.5, 0.6) is 0 Å². The first-order chi connectivity index (χ1) is 13.2. The van der Waals surface area contributed by atoms with Crippen molar-refractivity contribution in [2.75, 3.05) is 19.6 Å². The van der Waals surface area contributed by atoms with Crippen LogP contribution < -0.4 is 5.32 Å². The van der Waals surface area contributed by atoms with Crippen LogP contribution in [0, 0.1) is 5.82 Å². The average molecular weight is 368 g/mol. The van der Waals surface area contributed by atoms with E-state index in [2.05, 4.69) is 15.3 Å². The van der Waals surface area contributed by atoms with E-state index in [9.17, 15) is 9.18 Å². The lowest BCUT2D eigenvalue weighted by atomic mass is 10.2. The van der Waals surface area contributed by atoms with Gasteiger partial charge in [-0.25, -0.2) is 9.07 Å². The summed E-state index contributed by atoms with van der Waals surface area (Å²) in [5.74, 6) is 0.240. The molecule has 0 spiro atoms. The molecule has 0 aliphatic carbocycles. The van der Waals surface area contributed by atoms with Crippen LogP contribution in [0.2, 0.25) is 0 Å². The van der Waals surface area contributed by atoms with Crippen LogP contribution in [0.15, 0.2) is 59.3 Å². The van der Waals surface area contributed by atoms with Crippen LogP contribution in [-0.4, -0.2) is 40.2 Å². The van der Waals surface area contributed by atoms with Crippen molar-refractivity contribution in [2.45, 2.75) is 18.9 Å². The highest BCUT2D eigenvalue weighted by molar-refractivity contribution is 5.92. The summed E-state index contributed by atoms with van der Waals surface area (Å²) in [6, 6.07) is 11.5. The van der Waals surface area contributed by atoms with Gasteiger partial charge >= 0.3 is 0 Å². The molecule has 4 rings (SSSR count). The number of carbonyl (C=O) groups is 1. The maximum Gasteiger partial charge on any atom is 0.271 e. The second kappa shape index (κ2) is 7.75. The van der Waals surface area contributed by atoms with E-state index in [0.717, 1.165) is 31.7 Å². The second-order valence-electron chi connectivity index (χ2n) is 6.61. The number of carbonyl (C=O) groups excluding carboxylic acids is 1. The van der Waals surface area contributed by atoms with Gasteiger partial charge in [-0.3, -0.25) is 9.69 Å². The van der Waals surface area contributed by atoms with Crippen molar-refractivity contribution in [2.24, 2.45) is 0 Å². The number of hydrogen-bond acceptors (Lipinski definition) is 4. The number of furan rings is 1. The Bertz CT molecular complexity index is 900. The molecule has 1 amide bonds. The number of rotatable bonds is 6. The van der Waals surface area contributed by atoms with Crippen molar-refractivity contribution in [3.63, 3.8) is 0 Å². The molecule has 7 heteroatoms. The molecule has 1 fully saturated rings. The number of benzene rings is 1. The van der Waals surface area contributed by atoms with Crippen molar-refractivity contribution in [1.29, 1.82) is 0 Å². The number of nitrogens with one attached hydrogen (secondary N) is 1. The lowest BCUT2D eigenvalue weighted by molar-refractivity contribution is 0.0928. The lowest BCUT2D eigenvalue weighted by Gasteiger charge is -2.25. The molecule has 0 bridgehead atoms. The van der Waals surface area contributed by atoms with Gasteiger partial charge in [-0.2, -0.15) is 5.10 Å². The molecular formula is C20H21FN4O2. The normalized spacial score (nSPS) is 15.7. The zero-order valence-electron chi connectivity index (χ0n) is 14.8. The SMILES string of the molecule is O=C(NCC(c1ccco1)N1CCCC1)c1ccn(-c2cccc(F)c2)n1. The van der Waals surface area contributed by atoms with E-state index in [4.69, 9.17) is 4.42 Å². The van der Waals surface area contributed by atoms with Gasteiger partial charge in [0.15, 0.2) is 5.69 Å². The predicted molar refractivity (Wildman–Crippen MR) is 98.1 cm³/mol. The minimum absolute atomic E-state index is 0.0109. The maximum absolute atomic E-state index is 13.4. The topological polar surface area (TPSA) is 63.3 Å². The van der Waals surface area contributed by atoms with E-state index in [1.165, 1.54) is 16.8 Å². The fraction of sp³-hybridized carbons (Fsp3) is 0.300. The Labute approximate surface area is 156 Å². The number of aromatic nitrogens is 2. The quantitative estimate of drug-likeness (QED) is 0.726. The smallest absolute Gasteiger partial charge is 0.271 e. The van der Waals surface area contributed by atoms with Gasteiger partial charge in [0, 0.05) is 12.7 Å². The Hall–Kier alpha value is -2.93. The molecule has 1 saturated heterocycles. The zero-order chi connectivity index (χ0) is 18.6. The summed E-state index contributed by atoms with van der Waals surface area (Å²) in [6.07, 6.45) is 5.61. The summed E-state index contributed by atoms with van der Waals surface area (Å²) in [7, 11) is 0. The summed E-state index contributed by atoms with van der Waals surface area (Å²) < 4.78 is 20.4. The van der Waals surface area contributed by atoms with E-state index in [-0.39, 0.29) is 17.8 Å². The standard InChI is InChI=1S/C20H21FN4O2/c21-15-5-3-6-16(13-15)25-11-8-17(23-25)20(26)22-14-18(19-7-4-12-27-19)24-9-1-2-10-24/h3-8,11-13,18H,1-2,9-10,14H2,(H,22,26). The number of nitrogens with zero attached hydrogens (tertiary/aromatic N) is 3. The molecule has 1 unspecified atom stereocenters. The Balaban J connectivity index is 1.44. The van der Waals surface area contributed by atoms with Crippen LogP contribution in [0.25, 0.3) is 5.69 Å². The van der Waals surface area contributed by atoms with Gasteiger partial charge in [0.25, 0.3) is 5.91 Å². The molecule has 1 aromatic carbocycles. The molecule has 3 heterocycles. The predicted octanol–water partition coefficient (Wildman–Crippen LogP) is 3.17.